The molecule has 0 N–H and O–H groups in total. The van der Waals surface area contributed by atoms with Crippen LogP contribution in [0.15, 0.2) is 61.7 Å². The minimum atomic E-state index is 0.525. The maximum atomic E-state index is 6.63. The molecule has 0 amide bonds. The van der Waals surface area contributed by atoms with Crippen LogP contribution in [0.5, 0.6) is 0 Å². The van der Waals surface area contributed by atoms with E-state index < -0.39 is 0 Å². The topological polar surface area (TPSA) is 43.6 Å². The molecular weight excluding hydrogens is 308 g/mol. The van der Waals surface area contributed by atoms with Gasteiger partial charge in [-0.25, -0.2) is 4.68 Å². The summed E-state index contributed by atoms with van der Waals surface area (Å²) in [5.41, 5.74) is 3.60. The van der Waals surface area contributed by atoms with Gasteiger partial charge in [-0.3, -0.25) is 0 Å². The van der Waals surface area contributed by atoms with Crippen molar-refractivity contribution >= 4 is 28.2 Å². The van der Waals surface area contributed by atoms with Crippen LogP contribution in [0.1, 0.15) is 5.69 Å². The highest BCUT2D eigenvalue weighted by Gasteiger charge is 2.19. The van der Waals surface area contributed by atoms with Crippen molar-refractivity contribution in [1.82, 2.24) is 20.0 Å². The second-order valence-electron chi connectivity index (χ2n) is 5.02. The minimum absolute atomic E-state index is 0.525. The van der Waals surface area contributed by atoms with Crippen molar-refractivity contribution in [2.24, 2.45) is 7.05 Å². The van der Waals surface area contributed by atoms with Gasteiger partial charge in [0, 0.05) is 12.6 Å². The number of fused-ring (bicyclic) bond motifs is 1. The fraction of sp³-hybridized carbons (Fsp3) is 0.0556. The first-order valence-electron chi connectivity index (χ1n) is 7.06. The van der Waals surface area contributed by atoms with Gasteiger partial charge in [0.05, 0.1) is 10.4 Å². The zero-order valence-electron chi connectivity index (χ0n) is 12.7. The molecule has 0 aliphatic rings. The zero-order chi connectivity index (χ0) is 16.4. The van der Waals surface area contributed by atoms with Gasteiger partial charge < -0.3 is 0 Å². The molecule has 1 aromatic carbocycles. The summed E-state index contributed by atoms with van der Waals surface area (Å²) >= 11 is 6.63. The Labute approximate surface area is 139 Å². The molecule has 0 spiro atoms. The second-order valence-corrected chi connectivity index (χ2v) is 5.40. The van der Waals surface area contributed by atoms with E-state index in [0.29, 0.717) is 22.1 Å². The lowest BCUT2D eigenvalue weighted by Gasteiger charge is -2.04. The van der Waals surface area contributed by atoms with E-state index in [4.69, 9.17) is 11.6 Å². The van der Waals surface area contributed by atoms with Crippen molar-refractivity contribution in [2.75, 3.05) is 0 Å². The maximum Gasteiger partial charge on any atom is 0.182 e. The highest BCUT2D eigenvalue weighted by atomic mass is 35.5. The number of halogens is 1. The molecule has 23 heavy (non-hydrogen) atoms. The smallest absolute Gasteiger partial charge is 0.182 e. The molecule has 0 fully saturated rings. The highest BCUT2D eigenvalue weighted by molar-refractivity contribution is 6.38. The van der Waals surface area contributed by atoms with Crippen LogP contribution < -0.4 is 0 Å². The molecule has 114 valence electrons. The maximum absolute atomic E-state index is 6.63. The molecule has 3 rings (SSSR count). The summed E-state index contributed by atoms with van der Waals surface area (Å²) in [6.45, 7) is 7.72. The van der Waals surface area contributed by atoms with Crippen LogP contribution in [0.3, 0.4) is 0 Å². The molecule has 0 radical (unpaired) electrons. The Hall–Kier alpha value is -2.72. The van der Waals surface area contributed by atoms with Crippen LogP contribution in [-0.2, 0) is 7.05 Å². The Morgan fingerprint density at radius 3 is 2.65 bits per heavy atom. The van der Waals surface area contributed by atoms with Gasteiger partial charge in [0.1, 0.15) is 11.4 Å². The molecule has 0 aliphatic heterocycles. The second kappa shape index (κ2) is 6.18. The molecule has 4 nitrogen and oxygen atoms in total. The van der Waals surface area contributed by atoms with Crippen molar-refractivity contribution in [2.45, 2.75) is 0 Å². The third kappa shape index (κ3) is 2.69. The van der Waals surface area contributed by atoms with Gasteiger partial charge in [-0.2, -0.15) is 5.10 Å². The molecule has 2 aromatic heterocycles. The van der Waals surface area contributed by atoms with Crippen molar-refractivity contribution in [3.05, 3.63) is 72.4 Å². The first kappa shape index (κ1) is 15.2. The Balaban J connectivity index is 2.26. The van der Waals surface area contributed by atoms with Crippen LogP contribution in [-0.4, -0.2) is 20.0 Å². The quantitative estimate of drug-likeness (QED) is 0.667. The van der Waals surface area contributed by atoms with Crippen LogP contribution in [0.2, 0.25) is 5.02 Å². The predicted octanol–water partition coefficient (Wildman–Crippen LogP) is 4.44. The molecule has 5 heteroatoms. The van der Waals surface area contributed by atoms with Gasteiger partial charge in [0.25, 0.3) is 0 Å². The number of benzene rings is 1. The van der Waals surface area contributed by atoms with Gasteiger partial charge >= 0.3 is 0 Å². The first-order chi connectivity index (χ1) is 11.1. The Kier molecular flexibility index (Phi) is 4.08. The number of hydrogen-bond donors (Lipinski definition) is 0. The van der Waals surface area contributed by atoms with Crippen molar-refractivity contribution in [1.29, 1.82) is 0 Å². The van der Waals surface area contributed by atoms with Crippen molar-refractivity contribution in [3.63, 3.8) is 0 Å². The normalized spacial score (nSPS) is 11.2. The Morgan fingerprint density at radius 2 is 1.96 bits per heavy atom. The van der Waals surface area contributed by atoms with Gasteiger partial charge in [-0.15, -0.1) is 10.2 Å². The standard InChI is InChI=1S/C18H15ClN4/c1-4-5-9-12(2)16-14-15(19)17(13-10-7-6-8-11-13)20-21-18(14)23(3)22-16/h4-11H,1-2H2,3H3/b9-5-. The third-order valence-corrected chi connectivity index (χ3v) is 3.84. The molecule has 0 saturated carbocycles. The van der Waals surface area contributed by atoms with E-state index in [0.717, 1.165) is 16.5 Å². The fourth-order valence-corrected chi connectivity index (χ4v) is 2.68. The third-order valence-electron chi connectivity index (χ3n) is 3.47. The summed E-state index contributed by atoms with van der Waals surface area (Å²) in [4.78, 5) is 0. The number of hydrogen-bond acceptors (Lipinski definition) is 3. The molecular formula is C18H15ClN4. The summed E-state index contributed by atoms with van der Waals surface area (Å²) in [5, 5.41) is 14.3. The van der Waals surface area contributed by atoms with E-state index in [2.05, 4.69) is 28.5 Å². The fourth-order valence-electron chi connectivity index (χ4n) is 2.36. The number of nitrogens with zero attached hydrogens (tertiary/aromatic N) is 4. The largest absolute Gasteiger partial charge is 0.248 e. The predicted molar refractivity (Wildman–Crippen MR) is 95.1 cm³/mol. The Bertz CT molecular complexity index is 923. The van der Waals surface area contributed by atoms with Gasteiger partial charge in [0.15, 0.2) is 5.65 Å². The number of rotatable bonds is 4. The molecule has 0 saturated heterocycles. The summed E-state index contributed by atoms with van der Waals surface area (Å²) in [6, 6.07) is 9.72. The van der Waals surface area contributed by atoms with Gasteiger partial charge in [-0.05, 0) is 5.57 Å². The van der Waals surface area contributed by atoms with Gasteiger partial charge in [-0.1, -0.05) is 73.3 Å². The van der Waals surface area contributed by atoms with E-state index >= 15 is 0 Å². The number of aryl methyl sites for hydroxylation is 1. The summed E-state index contributed by atoms with van der Waals surface area (Å²) in [7, 11) is 1.81. The van der Waals surface area contributed by atoms with Crippen molar-refractivity contribution in [3.8, 4) is 11.3 Å². The molecule has 0 bridgehead atoms. The lowest BCUT2D eigenvalue weighted by Crippen LogP contribution is -1.95. The van der Waals surface area contributed by atoms with Crippen LogP contribution in [0, 0.1) is 0 Å². The average molecular weight is 323 g/mol. The van der Waals surface area contributed by atoms with E-state index in [1.54, 1.807) is 10.8 Å². The zero-order valence-corrected chi connectivity index (χ0v) is 13.5. The number of allylic oxidation sites excluding steroid dienone is 4. The van der Waals surface area contributed by atoms with Gasteiger partial charge in [0.2, 0.25) is 0 Å². The summed E-state index contributed by atoms with van der Waals surface area (Å²) in [5.74, 6) is 0. The minimum Gasteiger partial charge on any atom is -0.248 e. The molecule has 3 aromatic rings. The highest BCUT2D eigenvalue weighted by Crippen LogP contribution is 2.35. The van der Waals surface area contributed by atoms with E-state index in [1.165, 1.54) is 0 Å². The van der Waals surface area contributed by atoms with E-state index in [9.17, 15) is 0 Å². The van der Waals surface area contributed by atoms with Crippen molar-refractivity contribution < 1.29 is 0 Å². The lowest BCUT2D eigenvalue weighted by molar-refractivity contribution is 0.774. The average Bonchev–Trinajstić information content (AvgIpc) is 2.92. The van der Waals surface area contributed by atoms with Crippen LogP contribution >= 0.6 is 11.6 Å². The molecule has 2 heterocycles. The van der Waals surface area contributed by atoms with E-state index in [1.807, 2.05) is 49.5 Å². The molecule has 0 aliphatic carbocycles. The monoisotopic (exact) mass is 322 g/mol. The summed E-state index contributed by atoms with van der Waals surface area (Å²) < 4.78 is 1.66. The number of aromatic nitrogens is 4. The lowest BCUT2D eigenvalue weighted by atomic mass is 10.1. The SMILES string of the molecule is C=C/C=C\C(=C)c1nn(C)c2nnc(-c3ccccc3)c(Cl)c12. The summed E-state index contributed by atoms with van der Waals surface area (Å²) in [6.07, 6.45) is 5.34. The van der Waals surface area contributed by atoms with E-state index in [-0.39, 0.29) is 0 Å². The molecule has 0 atom stereocenters. The van der Waals surface area contributed by atoms with Crippen LogP contribution in [0.4, 0.5) is 0 Å². The van der Waals surface area contributed by atoms with Crippen LogP contribution in [0.25, 0.3) is 27.9 Å². The first-order valence-corrected chi connectivity index (χ1v) is 7.44. The molecule has 0 unspecified atom stereocenters. The Morgan fingerprint density at radius 1 is 1.22 bits per heavy atom.